The Morgan fingerprint density at radius 2 is 1.59 bits per heavy atom. The lowest BCUT2D eigenvalue weighted by Gasteiger charge is -2.72. The monoisotopic (exact) mass is 516 g/mol. The molecule has 210 valence electrons. The standard InChI is InChI=1S/C32H52O5/c1-18-24-20-16-21(34)25-29(6)17-22(35)26(37-19(2)33)27(3,4)23(29)10-11-31(25,8)30(20,7)14-12-28(24,5)13-15-32(18,9)36/h16,18,21-26,34-36H,10-15,17H2,1-9H3/t18-,21-,22-,23-,24+,25+,26+,28+,29+,30-,31-,32+/m1/s1. The number of hydrogen-bond donors (Lipinski definition) is 3. The molecule has 12 atom stereocenters. The third-order valence-corrected chi connectivity index (χ3v) is 13.6. The van der Waals surface area contributed by atoms with Crippen LogP contribution >= 0.6 is 0 Å². The molecule has 0 radical (unpaired) electrons. The fraction of sp³-hybridized carbons (Fsp3) is 0.906. The molecule has 5 aliphatic carbocycles. The third kappa shape index (κ3) is 3.48. The van der Waals surface area contributed by atoms with Crippen molar-refractivity contribution in [1.82, 2.24) is 0 Å². The third-order valence-electron chi connectivity index (χ3n) is 13.6. The topological polar surface area (TPSA) is 87.0 Å². The SMILES string of the molecule is CC(=O)O[C@H]1[C@H](O)C[C@@]2(C)[C@H](CC[C@]3(C)[C@H]2[C@H](O)C=C2[C@@H]4[C@@H](C)[C@@](C)(O)CC[C@]4(C)CC[C@]23C)C1(C)C. The zero-order valence-electron chi connectivity index (χ0n) is 24.7. The second-order valence-corrected chi connectivity index (χ2v) is 15.8. The summed E-state index contributed by atoms with van der Waals surface area (Å²) in [6.07, 6.45) is 6.95. The van der Waals surface area contributed by atoms with Crippen LogP contribution in [0.3, 0.4) is 0 Å². The zero-order chi connectivity index (χ0) is 27.6. The number of carbonyl (C=O) groups excluding carboxylic acids is 1. The molecule has 0 spiro atoms. The van der Waals surface area contributed by atoms with E-state index in [4.69, 9.17) is 4.74 Å². The first-order valence-corrected chi connectivity index (χ1v) is 14.8. The first kappa shape index (κ1) is 27.6. The largest absolute Gasteiger partial charge is 0.459 e. The van der Waals surface area contributed by atoms with Gasteiger partial charge in [-0.05, 0) is 91.3 Å². The quantitative estimate of drug-likeness (QED) is 0.310. The predicted octanol–water partition coefficient (Wildman–Crippen LogP) is 5.65. The highest BCUT2D eigenvalue weighted by Gasteiger charge is 2.71. The molecule has 0 bridgehead atoms. The van der Waals surface area contributed by atoms with Gasteiger partial charge in [0.1, 0.15) is 6.10 Å². The van der Waals surface area contributed by atoms with E-state index in [1.165, 1.54) is 12.5 Å². The normalized spacial score (nSPS) is 56.6. The van der Waals surface area contributed by atoms with Gasteiger partial charge in [0, 0.05) is 18.3 Å². The first-order valence-electron chi connectivity index (χ1n) is 14.8. The first-order chi connectivity index (χ1) is 16.9. The van der Waals surface area contributed by atoms with Crippen LogP contribution in [-0.2, 0) is 9.53 Å². The van der Waals surface area contributed by atoms with Crippen molar-refractivity contribution in [2.24, 2.45) is 50.7 Å². The summed E-state index contributed by atoms with van der Waals surface area (Å²) in [5, 5.41) is 34.8. The van der Waals surface area contributed by atoms with Crippen molar-refractivity contribution >= 4 is 5.97 Å². The number of rotatable bonds is 1. The lowest BCUT2D eigenvalue weighted by Crippen LogP contribution is -2.69. The van der Waals surface area contributed by atoms with Crippen molar-refractivity contribution in [2.45, 2.75) is 131 Å². The summed E-state index contributed by atoms with van der Waals surface area (Å²) >= 11 is 0. The molecule has 0 aromatic carbocycles. The van der Waals surface area contributed by atoms with Gasteiger partial charge in [0.15, 0.2) is 0 Å². The lowest BCUT2D eigenvalue weighted by atomic mass is 9.32. The molecule has 0 saturated heterocycles. The molecule has 0 aromatic heterocycles. The van der Waals surface area contributed by atoms with Gasteiger partial charge < -0.3 is 20.1 Å². The van der Waals surface area contributed by atoms with Crippen LogP contribution in [0.2, 0.25) is 0 Å². The van der Waals surface area contributed by atoms with Crippen LogP contribution in [0.1, 0.15) is 107 Å². The Morgan fingerprint density at radius 1 is 0.973 bits per heavy atom. The minimum absolute atomic E-state index is 0.00321. The molecule has 0 unspecified atom stereocenters. The van der Waals surface area contributed by atoms with E-state index in [0.29, 0.717) is 6.42 Å². The molecule has 4 saturated carbocycles. The van der Waals surface area contributed by atoms with Gasteiger partial charge in [-0.1, -0.05) is 60.1 Å². The highest BCUT2D eigenvalue weighted by atomic mass is 16.6. The Morgan fingerprint density at radius 3 is 2.22 bits per heavy atom. The van der Waals surface area contributed by atoms with Crippen LogP contribution in [-0.4, -0.2) is 45.2 Å². The molecule has 5 rings (SSSR count). The van der Waals surface area contributed by atoms with Gasteiger partial charge in [0.05, 0.1) is 17.8 Å². The Kier molecular flexibility index (Phi) is 6.03. The summed E-state index contributed by atoms with van der Waals surface area (Å²) in [4.78, 5) is 11.9. The smallest absolute Gasteiger partial charge is 0.303 e. The van der Waals surface area contributed by atoms with E-state index in [-0.39, 0.29) is 51.3 Å². The molecule has 5 nitrogen and oxygen atoms in total. The van der Waals surface area contributed by atoms with Crippen LogP contribution in [0.5, 0.6) is 0 Å². The summed E-state index contributed by atoms with van der Waals surface area (Å²) in [5.74, 6) is 0.276. The van der Waals surface area contributed by atoms with Crippen molar-refractivity contribution in [3.63, 3.8) is 0 Å². The van der Waals surface area contributed by atoms with Crippen molar-refractivity contribution in [3.05, 3.63) is 11.6 Å². The lowest BCUT2D eigenvalue weighted by molar-refractivity contribution is -0.254. The Hall–Kier alpha value is -0.910. The minimum Gasteiger partial charge on any atom is -0.459 e. The maximum Gasteiger partial charge on any atom is 0.303 e. The fourth-order valence-corrected chi connectivity index (χ4v) is 11.4. The molecule has 0 aromatic rings. The van der Waals surface area contributed by atoms with E-state index in [9.17, 15) is 20.1 Å². The van der Waals surface area contributed by atoms with Crippen LogP contribution in [0.4, 0.5) is 0 Å². The molecule has 37 heavy (non-hydrogen) atoms. The zero-order valence-corrected chi connectivity index (χ0v) is 24.7. The molecule has 0 heterocycles. The summed E-state index contributed by atoms with van der Waals surface area (Å²) in [6, 6.07) is 0. The van der Waals surface area contributed by atoms with E-state index in [2.05, 4.69) is 54.5 Å². The molecule has 5 aliphatic rings. The number of esters is 1. The number of aliphatic hydroxyl groups excluding tert-OH is 2. The van der Waals surface area contributed by atoms with Crippen molar-refractivity contribution in [1.29, 1.82) is 0 Å². The second kappa shape index (κ2) is 8.07. The van der Waals surface area contributed by atoms with Gasteiger partial charge in [-0.3, -0.25) is 4.79 Å². The summed E-state index contributed by atoms with van der Waals surface area (Å²) in [5.41, 5.74) is -0.0478. The fourth-order valence-electron chi connectivity index (χ4n) is 11.4. The molecular weight excluding hydrogens is 464 g/mol. The van der Waals surface area contributed by atoms with Gasteiger partial charge in [0.2, 0.25) is 0 Å². The van der Waals surface area contributed by atoms with Gasteiger partial charge in [-0.15, -0.1) is 0 Å². The maximum atomic E-state index is 12.1. The molecular formula is C32H52O5. The molecule has 3 N–H and O–H groups in total. The summed E-state index contributed by atoms with van der Waals surface area (Å²) in [7, 11) is 0. The molecule has 0 aliphatic heterocycles. The van der Waals surface area contributed by atoms with Gasteiger partial charge in [-0.25, -0.2) is 0 Å². The molecule has 0 amide bonds. The number of hydrogen-bond acceptors (Lipinski definition) is 5. The van der Waals surface area contributed by atoms with Crippen LogP contribution < -0.4 is 0 Å². The van der Waals surface area contributed by atoms with Crippen LogP contribution in [0, 0.1) is 50.7 Å². The Balaban J connectivity index is 1.61. The predicted molar refractivity (Wildman–Crippen MR) is 144 cm³/mol. The molecule has 5 heteroatoms. The minimum atomic E-state index is -0.754. The Bertz CT molecular complexity index is 999. The van der Waals surface area contributed by atoms with Gasteiger partial charge in [0.25, 0.3) is 0 Å². The van der Waals surface area contributed by atoms with Crippen molar-refractivity contribution in [3.8, 4) is 0 Å². The number of ether oxygens (including phenoxy) is 1. The summed E-state index contributed by atoms with van der Waals surface area (Å²) in [6.45, 7) is 19.5. The number of allylic oxidation sites excluding steroid dienone is 1. The summed E-state index contributed by atoms with van der Waals surface area (Å²) < 4.78 is 5.72. The van der Waals surface area contributed by atoms with Crippen molar-refractivity contribution in [2.75, 3.05) is 0 Å². The van der Waals surface area contributed by atoms with Crippen LogP contribution in [0.25, 0.3) is 0 Å². The number of carbonyl (C=O) groups is 1. The van der Waals surface area contributed by atoms with Crippen molar-refractivity contribution < 1.29 is 24.9 Å². The highest BCUT2D eigenvalue weighted by molar-refractivity contribution is 5.66. The molecule has 4 fully saturated rings. The maximum absolute atomic E-state index is 12.1. The second-order valence-electron chi connectivity index (χ2n) is 15.8. The highest BCUT2D eigenvalue weighted by Crippen LogP contribution is 2.75. The van der Waals surface area contributed by atoms with Gasteiger partial charge >= 0.3 is 5.97 Å². The Labute approximate surface area is 224 Å². The number of fused-ring (bicyclic) bond motifs is 7. The van der Waals surface area contributed by atoms with E-state index in [0.717, 1.165) is 38.5 Å². The van der Waals surface area contributed by atoms with E-state index < -0.39 is 29.3 Å². The average Bonchev–Trinajstić information content (AvgIpc) is 2.75. The van der Waals surface area contributed by atoms with E-state index >= 15 is 0 Å². The average molecular weight is 517 g/mol. The van der Waals surface area contributed by atoms with E-state index in [1.54, 1.807) is 0 Å². The van der Waals surface area contributed by atoms with Gasteiger partial charge in [-0.2, -0.15) is 0 Å². The number of aliphatic hydroxyl groups is 3. The van der Waals surface area contributed by atoms with Crippen LogP contribution in [0.15, 0.2) is 11.6 Å². The van der Waals surface area contributed by atoms with E-state index in [1.807, 2.05) is 6.92 Å².